The summed E-state index contributed by atoms with van der Waals surface area (Å²) < 4.78 is 13.1. The highest BCUT2D eigenvalue weighted by atomic mass is 19.1. The van der Waals surface area contributed by atoms with E-state index in [1.807, 2.05) is 0 Å². The molecule has 0 bridgehead atoms. The van der Waals surface area contributed by atoms with Crippen LogP contribution in [0.15, 0.2) is 18.2 Å². The van der Waals surface area contributed by atoms with Gasteiger partial charge in [0.2, 0.25) is 0 Å². The molecule has 1 atom stereocenters. The molecule has 1 aliphatic rings. The van der Waals surface area contributed by atoms with E-state index in [-0.39, 0.29) is 12.1 Å². The first kappa shape index (κ1) is 18.3. The lowest BCUT2D eigenvalue weighted by molar-refractivity contribution is -0.385. The quantitative estimate of drug-likeness (QED) is 0.606. The number of nitro benzene ring substituents is 1. The number of hydrogen-bond donors (Lipinski definition) is 2. The third kappa shape index (κ3) is 4.97. The minimum atomic E-state index is -0.802. The molecule has 7 nitrogen and oxygen atoms in total. The fraction of sp³-hybridized carbons (Fsp3) is 0.562. The summed E-state index contributed by atoms with van der Waals surface area (Å²) in [7, 11) is 0. The van der Waals surface area contributed by atoms with Gasteiger partial charge in [-0.1, -0.05) is 6.92 Å². The van der Waals surface area contributed by atoms with Crippen LogP contribution in [0.25, 0.3) is 0 Å². The van der Waals surface area contributed by atoms with Crippen molar-refractivity contribution in [3.05, 3.63) is 39.7 Å². The predicted octanol–water partition coefficient (Wildman–Crippen LogP) is 1.56. The highest BCUT2D eigenvalue weighted by Crippen LogP contribution is 2.19. The molecule has 1 fully saturated rings. The van der Waals surface area contributed by atoms with Crippen LogP contribution < -0.4 is 5.32 Å². The van der Waals surface area contributed by atoms with Gasteiger partial charge in [0.15, 0.2) is 0 Å². The molecule has 1 aliphatic heterocycles. The van der Waals surface area contributed by atoms with Gasteiger partial charge in [-0.05, 0) is 44.0 Å². The van der Waals surface area contributed by atoms with Crippen LogP contribution >= 0.6 is 0 Å². The molecule has 1 heterocycles. The molecule has 1 saturated heterocycles. The molecule has 0 radical (unpaired) electrons. The molecule has 0 spiro atoms. The number of amides is 1. The van der Waals surface area contributed by atoms with Gasteiger partial charge in [-0.25, -0.2) is 4.39 Å². The fourth-order valence-corrected chi connectivity index (χ4v) is 2.76. The maximum absolute atomic E-state index is 13.1. The number of nitrogens with zero attached hydrogens (tertiary/aromatic N) is 2. The number of carbonyl (C=O) groups is 1. The van der Waals surface area contributed by atoms with Crippen LogP contribution in [0.4, 0.5) is 10.1 Å². The van der Waals surface area contributed by atoms with Gasteiger partial charge >= 0.3 is 0 Å². The molecule has 0 aliphatic carbocycles. The summed E-state index contributed by atoms with van der Waals surface area (Å²) in [6, 6.07) is 2.77. The van der Waals surface area contributed by atoms with E-state index in [1.54, 1.807) is 0 Å². The van der Waals surface area contributed by atoms with Crippen molar-refractivity contribution in [1.82, 2.24) is 10.2 Å². The number of nitro groups is 1. The molecule has 2 rings (SSSR count). The van der Waals surface area contributed by atoms with E-state index in [1.165, 1.54) is 0 Å². The summed E-state index contributed by atoms with van der Waals surface area (Å²) in [4.78, 5) is 24.3. The van der Waals surface area contributed by atoms with Gasteiger partial charge in [-0.15, -0.1) is 0 Å². The lowest BCUT2D eigenvalue weighted by Gasteiger charge is -2.31. The molecule has 2 N–H and O–H groups in total. The molecule has 1 amide bonds. The largest absolute Gasteiger partial charge is 0.390 e. The molecular weight excluding hydrogens is 317 g/mol. The molecule has 1 unspecified atom stereocenters. The Kier molecular flexibility index (Phi) is 6.22. The number of nitrogens with one attached hydrogen (secondary N) is 1. The van der Waals surface area contributed by atoms with E-state index in [2.05, 4.69) is 17.1 Å². The Morgan fingerprint density at radius 3 is 2.79 bits per heavy atom. The van der Waals surface area contributed by atoms with Crippen molar-refractivity contribution in [2.45, 2.75) is 25.9 Å². The Morgan fingerprint density at radius 2 is 2.17 bits per heavy atom. The summed E-state index contributed by atoms with van der Waals surface area (Å²) in [5.41, 5.74) is -0.813. The van der Waals surface area contributed by atoms with Gasteiger partial charge in [0, 0.05) is 13.1 Å². The second kappa shape index (κ2) is 8.16. The predicted molar refractivity (Wildman–Crippen MR) is 86.2 cm³/mol. The minimum absolute atomic E-state index is 0.0145. The number of hydrogen-bond acceptors (Lipinski definition) is 5. The van der Waals surface area contributed by atoms with E-state index in [0.717, 1.165) is 38.1 Å². The van der Waals surface area contributed by atoms with Gasteiger partial charge in [-0.3, -0.25) is 14.9 Å². The molecule has 0 saturated carbocycles. The molecule has 132 valence electrons. The van der Waals surface area contributed by atoms with E-state index in [4.69, 9.17) is 0 Å². The number of piperidine rings is 1. The molecule has 0 aromatic heterocycles. The summed E-state index contributed by atoms with van der Waals surface area (Å²) in [6.07, 6.45) is 1.41. The van der Waals surface area contributed by atoms with Crippen molar-refractivity contribution >= 4 is 11.6 Å². The van der Waals surface area contributed by atoms with Crippen LogP contribution in [0.5, 0.6) is 0 Å². The van der Waals surface area contributed by atoms with E-state index in [0.29, 0.717) is 18.5 Å². The maximum Gasteiger partial charge on any atom is 0.285 e. The topological polar surface area (TPSA) is 95.7 Å². The number of β-amino-alcohol motifs (C(OH)–C–C–N with tert-alkyl or cyclic N) is 1. The van der Waals surface area contributed by atoms with Crippen LogP contribution in [-0.2, 0) is 0 Å². The van der Waals surface area contributed by atoms with Crippen LogP contribution in [0.1, 0.15) is 30.1 Å². The Bertz CT molecular complexity index is 603. The number of aliphatic hydroxyl groups is 1. The number of benzene rings is 1. The summed E-state index contributed by atoms with van der Waals surface area (Å²) >= 11 is 0. The minimum Gasteiger partial charge on any atom is -0.390 e. The number of halogens is 1. The number of aliphatic hydroxyl groups excluding tert-OH is 1. The van der Waals surface area contributed by atoms with Crippen molar-refractivity contribution in [1.29, 1.82) is 0 Å². The second-order valence-electron chi connectivity index (χ2n) is 6.27. The lowest BCUT2D eigenvalue weighted by atomic mass is 9.99. The van der Waals surface area contributed by atoms with Crippen molar-refractivity contribution in [3.8, 4) is 0 Å². The maximum atomic E-state index is 13.1. The molecular formula is C16H22FN3O4. The zero-order valence-corrected chi connectivity index (χ0v) is 13.6. The molecule has 8 heteroatoms. The Morgan fingerprint density at radius 1 is 1.50 bits per heavy atom. The number of likely N-dealkylation sites (tertiary alicyclic amines) is 1. The highest BCUT2D eigenvalue weighted by Gasteiger charge is 2.22. The number of carbonyl (C=O) groups excluding carboxylic acids is 1. The summed E-state index contributed by atoms with van der Waals surface area (Å²) in [5, 5.41) is 23.4. The van der Waals surface area contributed by atoms with E-state index in [9.17, 15) is 24.4 Å². The fourth-order valence-electron chi connectivity index (χ4n) is 2.76. The summed E-state index contributed by atoms with van der Waals surface area (Å²) in [5.74, 6) is -0.789. The lowest BCUT2D eigenvalue weighted by Crippen LogP contribution is -2.43. The van der Waals surface area contributed by atoms with Gasteiger partial charge in [0.25, 0.3) is 11.6 Å². The molecule has 1 aromatic carbocycles. The third-order valence-electron chi connectivity index (χ3n) is 4.24. The van der Waals surface area contributed by atoms with Gasteiger partial charge < -0.3 is 15.3 Å². The first-order chi connectivity index (χ1) is 11.4. The molecule has 1 aromatic rings. The van der Waals surface area contributed by atoms with Gasteiger partial charge in [0.05, 0.1) is 17.1 Å². The third-order valence-corrected chi connectivity index (χ3v) is 4.24. The van der Waals surface area contributed by atoms with Crippen LogP contribution in [0.2, 0.25) is 0 Å². The first-order valence-electron chi connectivity index (χ1n) is 7.99. The van der Waals surface area contributed by atoms with E-state index < -0.39 is 28.4 Å². The van der Waals surface area contributed by atoms with Crippen molar-refractivity contribution in [3.63, 3.8) is 0 Å². The van der Waals surface area contributed by atoms with Crippen LogP contribution in [-0.4, -0.2) is 53.1 Å². The average molecular weight is 339 g/mol. The summed E-state index contributed by atoms with van der Waals surface area (Å²) in [6.45, 7) is 4.45. The number of rotatable bonds is 6. The Balaban J connectivity index is 1.87. The average Bonchev–Trinajstić information content (AvgIpc) is 2.54. The van der Waals surface area contributed by atoms with Gasteiger partial charge in [-0.2, -0.15) is 0 Å². The van der Waals surface area contributed by atoms with Crippen molar-refractivity contribution in [2.24, 2.45) is 5.92 Å². The second-order valence-corrected chi connectivity index (χ2v) is 6.27. The zero-order chi connectivity index (χ0) is 17.7. The smallest absolute Gasteiger partial charge is 0.285 e. The normalized spacial score (nSPS) is 17.5. The van der Waals surface area contributed by atoms with Crippen LogP contribution in [0.3, 0.4) is 0 Å². The van der Waals surface area contributed by atoms with Crippen molar-refractivity contribution < 1.29 is 19.2 Å². The van der Waals surface area contributed by atoms with Crippen molar-refractivity contribution in [2.75, 3.05) is 26.2 Å². The first-order valence-corrected chi connectivity index (χ1v) is 7.99. The SMILES string of the molecule is CC1CCN(CC(O)CNC(=O)c2ccc(F)cc2[N+](=O)[O-])CC1. The zero-order valence-electron chi connectivity index (χ0n) is 13.6. The standard InChI is InChI=1S/C16H22FN3O4/c1-11-4-6-19(7-5-11)10-13(21)9-18-16(22)14-3-2-12(17)8-15(14)20(23)24/h2-3,8,11,13,21H,4-7,9-10H2,1H3,(H,18,22). The molecule has 24 heavy (non-hydrogen) atoms. The Labute approximate surface area is 139 Å². The van der Waals surface area contributed by atoms with Crippen LogP contribution in [0, 0.1) is 21.8 Å². The highest BCUT2D eigenvalue weighted by molar-refractivity contribution is 5.98. The Hall–Kier alpha value is -2.06. The van der Waals surface area contributed by atoms with Gasteiger partial charge in [0.1, 0.15) is 11.4 Å². The monoisotopic (exact) mass is 339 g/mol. The van der Waals surface area contributed by atoms with E-state index >= 15 is 0 Å².